The van der Waals surface area contributed by atoms with Gasteiger partial charge in [-0.15, -0.1) is 0 Å². The van der Waals surface area contributed by atoms with Crippen molar-refractivity contribution < 1.29 is 4.74 Å². The van der Waals surface area contributed by atoms with Crippen molar-refractivity contribution in [3.8, 4) is 6.01 Å². The van der Waals surface area contributed by atoms with Gasteiger partial charge >= 0.3 is 6.01 Å². The SMILES string of the molecule is COc1nccc(CNCC2CCNCC2)n1. The fourth-order valence-corrected chi connectivity index (χ4v) is 2.06. The molecule has 94 valence electrons. The molecule has 1 aromatic heterocycles. The Hall–Kier alpha value is -1.20. The third-order valence-corrected chi connectivity index (χ3v) is 3.07. The van der Waals surface area contributed by atoms with E-state index in [9.17, 15) is 0 Å². The number of nitrogens with one attached hydrogen (secondary N) is 2. The lowest BCUT2D eigenvalue weighted by Gasteiger charge is -2.22. The summed E-state index contributed by atoms with van der Waals surface area (Å²) in [5.41, 5.74) is 0.978. The predicted octanol–water partition coefficient (Wildman–Crippen LogP) is 0.574. The second-order valence-corrected chi connectivity index (χ2v) is 4.36. The zero-order valence-electron chi connectivity index (χ0n) is 10.3. The lowest BCUT2D eigenvalue weighted by molar-refractivity contribution is 0.353. The number of hydrogen-bond donors (Lipinski definition) is 2. The average molecular weight is 236 g/mol. The van der Waals surface area contributed by atoms with Gasteiger partial charge in [-0.1, -0.05) is 0 Å². The van der Waals surface area contributed by atoms with Crippen molar-refractivity contribution in [2.75, 3.05) is 26.7 Å². The summed E-state index contributed by atoms with van der Waals surface area (Å²) in [5.74, 6) is 0.792. The molecule has 0 aromatic carbocycles. The van der Waals surface area contributed by atoms with E-state index in [4.69, 9.17) is 4.74 Å². The van der Waals surface area contributed by atoms with Crippen molar-refractivity contribution in [2.45, 2.75) is 19.4 Å². The summed E-state index contributed by atoms with van der Waals surface area (Å²) < 4.78 is 4.99. The summed E-state index contributed by atoms with van der Waals surface area (Å²) in [4.78, 5) is 8.25. The van der Waals surface area contributed by atoms with Crippen LogP contribution in [0.5, 0.6) is 6.01 Å². The van der Waals surface area contributed by atoms with Gasteiger partial charge in [0.1, 0.15) is 0 Å². The minimum atomic E-state index is 0.436. The molecule has 2 N–H and O–H groups in total. The van der Waals surface area contributed by atoms with Gasteiger partial charge < -0.3 is 15.4 Å². The summed E-state index contributed by atoms with van der Waals surface area (Å²) in [6, 6.07) is 2.35. The molecule has 1 aliphatic heterocycles. The predicted molar refractivity (Wildman–Crippen MR) is 65.9 cm³/mol. The fraction of sp³-hybridized carbons (Fsp3) is 0.667. The van der Waals surface area contributed by atoms with E-state index in [0.717, 1.165) is 37.8 Å². The third-order valence-electron chi connectivity index (χ3n) is 3.07. The standard InChI is InChI=1S/C12H20N4O/c1-17-12-15-7-4-11(16-12)9-14-8-10-2-5-13-6-3-10/h4,7,10,13-14H,2-3,5-6,8-9H2,1H3. The molecule has 0 atom stereocenters. The molecule has 1 aromatic rings. The molecule has 1 saturated heterocycles. The van der Waals surface area contributed by atoms with Crippen molar-refractivity contribution >= 4 is 0 Å². The van der Waals surface area contributed by atoms with Crippen LogP contribution in [0.1, 0.15) is 18.5 Å². The Labute approximate surface area is 102 Å². The van der Waals surface area contributed by atoms with Gasteiger partial charge in [-0.05, 0) is 44.5 Å². The van der Waals surface area contributed by atoms with Gasteiger partial charge in [0.2, 0.25) is 0 Å². The Balaban J connectivity index is 1.73. The van der Waals surface area contributed by atoms with Gasteiger partial charge in [-0.3, -0.25) is 0 Å². The summed E-state index contributed by atoms with van der Waals surface area (Å²) in [6.07, 6.45) is 4.26. The highest BCUT2D eigenvalue weighted by atomic mass is 16.5. The molecule has 2 rings (SSSR count). The van der Waals surface area contributed by atoms with Crippen LogP contribution in [0.3, 0.4) is 0 Å². The molecule has 0 radical (unpaired) electrons. The van der Waals surface area contributed by atoms with Crippen LogP contribution in [0.15, 0.2) is 12.3 Å². The maximum absolute atomic E-state index is 4.99. The molecule has 0 unspecified atom stereocenters. The lowest BCUT2D eigenvalue weighted by Crippen LogP contribution is -2.33. The molecule has 0 saturated carbocycles. The van der Waals surface area contributed by atoms with Crippen LogP contribution in [0.25, 0.3) is 0 Å². The third kappa shape index (κ3) is 3.94. The van der Waals surface area contributed by atoms with Crippen LogP contribution in [-0.2, 0) is 6.54 Å². The number of nitrogens with zero attached hydrogens (tertiary/aromatic N) is 2. The molecule has 2 heterocycles. The fourth-order valence-electron chi connectivity index (χ4n) is 2.06. The maximum Gasteiger partial charge on any atom is 0.316 e. The van der Waals surface area contributed by atoms with Crippen molar-refractivity contribution in [2.24, 2.45) is 5.92 Å². The van der Waals surface area contributed by atoms with Crippen LogP contribution < -0.4 is 15.4 Å². The first-order valence-corrected chi connectivity index (χ1v) is 6.16. The number of hydrogen-bond acceptors (Lipinski definition) is 5. The zero-order chi connectivity index (χ0) is 11.9. The van der Waals surface area contributed by atoms with Crippen LogP contribution >= 0.6 is 0 Å². The topological polar surface area (TPSA) is 59.1 Å². The summed E-state index contributed by atoms with van der Waals surface area (Å²) >= 11 is 0. The van der Waals surface area contributed by atoms with Gasteiger partial charge in [0.05, 0.1) is 12.8 Å². The first-order valence-electron chi connectivity index (χ1n) is 6.16. The molecule has 0 amide bonds. The van der Waals surface area contributed by atoms with E-state index in [1.165, 1.54) is 12.8 Å². The highest BCUT2D eigenvalue weighted by molar-refractivity contribution is 5.05. The van der Waals surface area contributed by atoms with Crippen molar-refractivity contribution in [1.82, 2.24) is 20.6 Å². The van der Waals surface area contributed by atoms with Crippen LogP contribution in [0.2, 0.25) is 0 Å². The van der Waals surface area contributed by atoms with Gasteiger partial charge in [0.25, 0.3) is 0 Å². The van der Waals surface area contributed by atoms with E-state index in [0.29, 0.717) is 6.01 Å². The molecule has 0 spiro atoms. The monoisotopic (exact) mass is 236 g/mol. The molecular formula is C12H20N4O. The van der Waals surface area contributed by atoms with Crippen LogP contribution in [-0.4, -0.2) is 36.7 Å². The Morgan fingerprint density at radius 3 is 3.06 bits per heavy atom. The van der Waals surface area contributed by atoms with Crippen molar-refractivity contribution in [3.05, 3.63) is 18.0 Å². The van der Waals surface area contributed by atoms with E-state index < -0.39 is 0 Å². The Kier molecular flexibility index (Phi) is 4.70. The van der Waals surface area contributed by atoms with E-state index in [1.807, 2.05) is 6.07 Å². The molecule has 17 heavy (non-hydrogen) atoms. The van der Waals surface area contributed by atoms with Crippen molar-refractivity contribution in [3.63, 3.8) is 0 Å². The molecule has 0 bridgehead atoms. The number of rotatable bonds is 5. The summed E-state index contributed by atoms with van der Waals surface area (Å²) in [7, 11) is 1.58. The van der Waals surface area contributed by atoms with Crippen LogP contribution in [0.4, 0.5) is 0 Å². The van der Waals surface area contributed by atoms with Crippen LogP contribution in [0, 0.1) is 5.92 Å². The number of methoxy groups -OCH3 is 1. The van der Waals surface area contributed by atoms with E-state index in [1.54, 1.807) is 13.3 Å². The molecule has 0 aliphatic carbocycles. The quantitative estimate of drug-likeness (QED) is 0.783. The summed E-state index contributed by atoms with van der Waals surface area (Å²) in [6.45, 7) is 4.14. The van der Waals surface area contributed by atoms with E-state index >= 15 is 0 Å². The lowest BCUT2D eigenvalue weighted by atomic mass is 9.98. The van der Waals surface area contributed by atoms with Gasteiger partial charge in [0, 0.05) is 12.7 Å². The highest BCUT2D eigenvalue weighted by Crippen LogP contribution is 2.10. The smallest absolute Gasteiger partial charge is 0.316 e. The highest BCUT2D eigenvalue weighted by Gasteiger charge is 2.12. The van der Waals surface area contributed by atoms with Gasteiger partial charge in [0.15, 0.2) is 0 Å². The Morgan fingerprint density at radius 2 is 2.29 bits per heavy atom. The Bertz CT molecular complexity index is 339. The zero-order valence-corrected chi connectivity index (χ0v) is 10.3. The molecular weight excluding hydrogens is 216 g/mol. The minimum Gasteiger partial charge on any atom is -0.467 e. The maximum atomic E-state index is 4.99. The van der Waals surface area contributed by atoms with Gasteiger partial charge in [-0.25, -0.2) is 4.98 Å². The normalized spacial score (nSPS) is 17.0. The molecule has 1 aliphatic rings. The molecule has 1 fully saturated rings. The van der Waals surface area contributed by atoms with E-state index in [2.05, 4.69) is 20.6 Å². The second-order valence-electron chi connectivity index (χ2n) is 4.36. The second kappa shape index (κ2) is 6.51. The van der Waals surface area contributed by atoms with Gasteiger partial charge in [-0.2, -0.15) is 4.98 Å². The summed E-state index contributed by atoms with van der Waals surface area (Å²) in [5, 5.41) is 6.82. The number of aromatic nitrogens is 2. The number of ether oxygens (including phenoxy) is 1. The first-order chi connectivity index (χ1) is 8.38. The largest absolute Gasteiger partial charge is 0.467 e. The Morgan fingerprint density at radius 1 is 1.47 bits per heavy atom. The van der Waals surface area contributed by atoms with Crippen molar-refractivity contribution in [1.29, 1.82) is 0 Å². The number of piperidine rings is 1. The molecule has 5 heteroatoms. The first kappa shape index (κ1) is 12.3. The molecule has 5 nitrogen and oxygen atoms in total. The van der Waals surface area contributed by atoms with E-state index in [-0.39, 0.29) is 0 Å². The average Bonchev–Trinajstić information content (AvgIpc) is 2.40. The minimum absolute atomic E-state index is 0.436.